The molecular formula is C13H18FN. The Bertz CT molecular complexity index is 329. The van der Waals surface area contributed by atoms with Gasteiger partial charge in [-0.1, -0.05) is 37.5 Å². The van der Waals surface area contributed by atoms with Crippen LogP contribution in [0.2, 0.25) is 0 Å². The van der Waals surface area contributed by atoms with Crippen LogP contribution in [0, 0.1) is 0 Å². The first-order chi connectivity index (χ1) is 7.28. The van der Waals surface area contributed by atoms with E-state index in [9.17, 15) is 4.39 Å². The lowest BCUT2D eigenvalue weighted by Gasteiger charge is -2.36. The zero-order valence-corrected chi connectivity index (χ0v) is 9.01. The van der Waals surface area contributed by atoms with Crippen molar-refractivity contribution in [2.45, 2.75) is 37.5 Å². The number of rotatable bonds is 2. The van der Waals surface area contributed by atoms with Crippen LogP contribution in [0.1, 0.15) is 37.7 Å². The van der Waals surface area contributed by atoms with E-state index >= 15 is 0 Å². The Morgan fingerprint density at radius 2 is 1.80 bits per heavy atom. The van der Waals surface area contributed by atoms with Crippen LogP contribution >= 0.6 is 0 Å². The van der Waals surface area contributed by atoms with Gasteiger partial charge in [0.05, 0.1) is 6.67 Å². The van der Waals surface area contributed by atoms with Gasteiger partial charge < -0.3 is 5.73 Å². The van der Waals surface area contributed by atoms with E-state index in [1.54, 1.807) is 0 Å². The summed E-state index contributed by atoms with van der Waals surface area (Å²) in [5, 5.41) is 0. The van der Waals surface area contributed by atoms with Crippen LogP contribution in [-0.2, 0) is 5.41 Å². The number of alkyl halides is 1. The van der Waals surface area contributed by atoms with Gasteiger partial charge in [0.1, 0.15) is 0 Å². The summed E-state index contributed by atoms with van der Waals surface area (Å²) in [5.41, 5.74) is 7.43. The van der Waals surface area contributed by atoms with Gasteiger partial charge in [-0.05, 0) is 24.5 Å². The van der Waals surface area contributed by atoms with Crippen LogP contribution in [0.5, 0.6) is 0 Å². The molecule has 0 unspecified atom stereocenters. The zero-order valence-electron chi connectivity index (χ0n) is 9.01. The molecule has 0 heterocycles. The number of hydrogen-bond donors (Lipinski definition) is 1. The largest absolute Gasteiger partial charge is 0.398 e. The molecule has 0 radical (unpaired) electrons. The number of anilines is 1. The Hall–Kier alpha value is -1.05. The second-order valence-corrected chi connectivity index (χ2v) is 4.56. The molecule has 1 fully saturated rings. The van der Waals surface area contributed by atoms with E-state index in [1.807, 2.05) is 24.3 Å². The van der Waals surface area contributed by atoms with Gasteiger partial charge in [0.25, 0.3) is 0 Å². The number of benzene rings is 1. The monoisotopic (exact) mass is 207 g/mol. The molecule has 1 aromatic rings. The number of hydrogen-bond acceptors (Lipinski definition) is 1. The second-order valence-electron chi connectivity index (χ2n) is 4.56. The lowest BCUT2D eigenvalue weighted by atomic mass is 9.70. The van der Waals surface area contributed by atoms with E-state index in [2.05, 4.69) is 0 Å². The smallest absolute Gasteiger partial charge is 0.0991 e. The summed E-state index contributed by atoms with van der Waals surface area (Å²) in [5.74, 6) is 0. The topological polar surface area (TPSA) is 26.0 Å². The summed E-state index contributed by atoms with van der Waals surface area (Å²) >= 11 is 0. The third-order valence-electron chi connectivity index (χ3n) is 3.60. The summed E-state index contributed by atoms with van der Waals surface area (Å²) in [4.78, 5) is 0. The molecule has 1 aromatic carbocycles. The van der Waals surface area contributed by atoms with Crippen molar-refractivity contribution >= 4 is 5.69 Å². The maximum Gasteiger partial charge on any atom is 0.0991 e. The van der Waals surface area contributed by atoms with Gasteiger partial charge in [-0.2, -0.15) is 0 Å². The molecule has 1 saturated carbocycles. The highest BCUT2D eigenvalue weighted by Gasteiger charge is 2.35. The van der Waals surface area contributed by atoms with E-state index < -0.39 is 0 Å². The maximum atomic E-state index is 13.3. The molecule has 1 aliphatic rings. The molecule has 2 heteroatoms. The molecule has 0 aliphatic heterocycles. The molecule has 0 amide bonds. The highest BCUT2D eigenvalue weighted by Crippen LogP contribution is 2.41. The zero-order chi connectivity index (χ0) is 10.7. The van der Waals surface area contributed by atoms with Crippen LogP contribution in [0.3, 0.4) is 0 Å². The van der Waals surface area contributed by atoms with Gasteiger partial charge in [-0.25, -0.2) is 0 Å². The van der Waals surface area contributed by atoms with Crippen molar-refractivity contribution < 1.29 is 4.39 Å². The Morgan fingerprint density at radius 3 is 2.40 bits per heavy atom. The lowest BCUT2D eigenvalue weighted by molar-refractivity contribution is 0.227. The van der Waals surface area contributed by atoms with Gasteiger partial charge >= 0.3 is 0 Å². The van der Waals surface area contributed by atoms with Crippen LogP contribution in [0.25, 0.3) is 0 Å². The fraction of sp³-hybridized carbons (Fsp3) is 0.538. The lowest BCUT2D eigenvalue weighted by Crippen LogP contribution is -2.32. The molecule has 0 bridgehead atoms. The molecular weight excluding hydrogens is 189 g/mol. The van der Waals surface area contributed by atoms with Crippen LogP contribution in [-0.4, -0.2) is 6.67 Å². The highest BCUT2D eigenvalue weighted by atomic mass is 19.1. The number of nitrogen functional groups attached to an aromatic ring is 1. The Labute approximate surface area is 90.5 Å². The molecule has 1 nitrogen and oxygen atoms in total. The van der Waals surface area contributed by atoms with Gasteiger partial charge in [0.15, 0.2) is 0 Å². The molecule has 0 spiro atoms. The minimum Gasteiger partial charge on any atom is -0.398 e. The predicted molar refractivity (Wildman–Crippen MR) is 61.6 cm³/mol. The highest BCUT2D eigenvalue weighted by molar-refractivity contribution is 5.51. The van der Waals surface area contributed by atoms with Crippen molar-refractivity contribution in [2.24, 2.45) is 0 Å². The van der Waals surface area contributed by atoms with Crippen LogP contribution in [0.4, 0.5) is 10.1 Å². The standard InChI is InChI=1S/C13H18FN/c14-10-13(8-4-1-5-9-13)11-6-2-3-7-12(11)15/h2-3,6-7H,1,4-5,8-10,15H2. The third-order valence-corrected chi connectivity index (χ3v) is 3.60. The van der Waals surface area contributed by atoms with Crippen molar-refractivity contribution in [3.8, 4) is 0 Å². The predicted octanol–water partition coefficient (Wildman–Crippen LogP) is 3.44. The third kappa shape index (κ3) is 1.85. The van der Waals surface area contributed by atoms with E-state index in [1.165, 1.54) is 6.42 Å². The fourth-order valence-corrected chi connectivity index (χ4v) is 2.68. The molecule has 15 heavy (non-hydrogen) atoms. The molecule has 0 aromatic heterocycles. The molecule has 82 valence electrons. The summed E-state index contributed by atoms with van der Waals surface area (Å²) < 4.78 is 13.3. The van der Waals surface area contributed by atoms with Gasteiger partial charge in [-0.15, -0.1) is 0 Å². The van der Waals surface area contributed by atoms with Crippen LogP contribution in [0.15, 0.2) is 24.3 Å². The molecule has 0 atom stereocenters. The molecule has 2 N–H and O–H groups in total. The summed E-state index contributed by atoms with van der Waals surface area (Å²) in [6, 6.07) is 7.73. The van der Waals surface area contributed by atoms with E-state index in [0.717, 1.165) is 36.9 Å². The summed E-state index contributed by atoms with van der Waals surface area (Å²) in [6.45, 7) is -0.277. The quantitative estimate of drug-likeness (QED) is 0.739. The Kier molecular flexibility index (Phi) is 2.94. The number of halogens is 1. The average Bonchev–Trinajstić information content (AvgIpc) is 2.30. The maximum absolute atomic E-state index is 13.3. The first kappa shape index (κ1) is 10.5. The minimum absolute atomic E-state index is 0.277. The van der Waals surface area contributed by atoms with E-state index in [-0.39, 0.29) is 12.1 Å². The first-order valence-electron chi connectivity index (χ1n) is 5.69. The van der Waals surface area contributed by atoms with Crippen molar-refractivity contribution in [2.75, 3.05) is 12.4 Å². The average molecular weight is 207 g/mol. The first-order valence-corrected chi connectivity index (χ1v) is 5.69. The Balaban J connectivity index is 2.36. The normalized spacial score (nSPS) is 20.1. The molecule has 0 saturated heterocycles. The van der Waals surface area contributed by atoms with Gasteiger partial charge in [-0.3, -0.25) is 4.39 Å². The van der Waals surface area contributed by atoms with E-state index in [0.29, 0.717) is 0 Å². The second kappa shape index (κ2) is 4.21. The van der Waals surface area contributed by atoms with Crippen LogP contribution < -0.4 is 5.73 Å². The minimum atomic E-state index is -0.288. The summed E-state index contributed by atoms with van der Waals surface area (Å²) in [7, 11) is 0. The van der Waals surface area contributed by atoms with Crippen molar-refractivity contribution in [3.63, 3.8) is 0 Å². The molecule has 2 rings (SSSR count). The molecule has 1 aliphatic carbocycles. The van der Waals surface area contributed by atoms with Crippen molar-refractivity contribution in [1.82, 2.24) is 0 Å². The Morgan fingerprint density at radius 1 is 1.13 bits per heavy atom. The van der Waals surface area contributed by atoms with E-state index in [4.69, 9.17) is 5.73 Å². The summed E-state index contributed by atoms with van der Waals surface area (Å²) in [6.07, 6.45) is 5.36. The fourth-order valence-electron chi connectivity index (χ4n) is 2.68. The number of nitrogens with two attached hydrogens (primary N) is 1. The van der Waals surface area contributed by atoms with Crippen molar-refractivity contribution in [3.05, 3.63) is 29.8 Å². The number of para-hydroxylation sites is 1. The van der Waals surface area contributed by atoms with Crippen molar-refractivity contribution in [1.29, 1.82) is 0 Å². The SMILES string of the molecule is Nc1ccccc1C1(CF)CCCCC1. The van der Waals surface area contributed by atoms with Gasteiger partial charge in [0, 0.05) is 11.1 Å². The van der Waals surface area contributed by atoms with Gasteiger partial charge in [0.2, 0.25) is 0 Å².